The molecule has 0 aromatic carbocycles. The molecule has 0 aromatic heterocycles. The SMILES string of the molecule is CC(CO)CN[C@H](C)C1CCCCC1. The van der Waals surface area contributed by atoms with Crippen LogP contribution in [0.25, 0.3) is 0 Å². The van der Waals surface area contributed by atoms with E-state index in [9.17, 15) is 0 Å². The Labute approximate surface area is 88.1 Å². The second-order valence-corrected chi connectivity index (χ2v) is 4.88. The first-order valence-corrected chi connectivity index (χ1v) is 6.08. The summed E-state index contributed by atoms with van der Waals surface area (Å²) in [5.41, 5.74) is 0. The van der Waals surface area contributed by atoms with E-state index >= 15 is 0 Å². The zero-order valence-corrected chi connectivity index (χ0v) is 9.63. The summed E-state index contributed by atoms with van der Waals surface area (Å²) in [4.78, 5) is 0. The largest absolute Gasteiger partial charge is 0.396 e. The van der Waals surface area contributed by atoms with E-state index in [4.69, 9.17) is 5.11 Å². The summed E-state index contributed by atoms with van der Waals surface area (Å²) in [6.45, 7) is 5.62. The van der Waals surface area contributed by atoms with Crippen LogP contribution in [0.2, 0.25) is 0 Å². The molecule has 1 aliphatic rings. The van der Waals surface area contributed by atoms with Crippen LogP contribution in [0.15, 0.2) is 0 Å². The highest BCUT2D eigenvalue weighted by molar-refractivity contribution is 4.76. The highest BCUT2D eigenvalue weighted by atomic mass is 16.3. The second-order valence-electron chi connectivity index (χ2n) is 4.88. The number of rotatable bonds is 5. The number of nitrogens with one attached hydrogen (secondary N) is 1. The molecule has 0 radical (unpaired) electrons. The highest BCUT2D eigenvalue weighted by Gasteiger charge is 2.19. The van der Waals surface area contributed by atoms with Gasteiger partial charge in [-0.15, -0.1) is 0 Å². The predicted octanol–water partition coefficient (Wildman–Crippen LogP) is 2.17. The van der Waals surface area contributed by atoms with Crippen LogP contribution >= 0.6 is 0 Å². The van der Waals surface area contributed by atoms with E-state index in [1.807, 2.05) is 0 Å². The molecule has 0 aliphatic heterocycles. The molecule has 14 heavy (non-hydrogen) atoms. The van der Waals surface area contributed by atoms with Gasteiger partial charge in [-0.2, -0.15) is 0 Å². The summed E-state index contributed by atoms with van der Waals surface area (Å²) in [6.07, 6.45) is 7.03. The van der Waals surface area contributed by atoms with Crippen molar-refractivity contribution in [3.63, 3.8) is 0 Å². The van der Waals surface area contributed by atoms with Crippen LogP contribution in [0, 0.1) is 11.8 Å². The van der Waals surface area contributed by atoms with Gasteiger partial charge in [0.15, 0.2) is 0 Å². The Hall–Kier alpha value is -0.0800. The Kier molecular flexibility index (Phi) is 5.49. The quantitative estimate of drug-likeness (QED) is 0.711. The van der Waals surface area contributed by atoms with E-state index in [2.05, 4.69) is 19.2 Å². The van der Waals surface area contributed by atoms with E-state index in [1.54, 1.807) is 0 Å². The van der Waals surface area contributed by atoms with Crippen LogP contribution in [-0.4, -0.2) is 24.3 Å². The molecule has 0 aromatic rings. The summed E-state index contributed by atoms with van der Waals surface area (Å²) in [6, 6.07) is 0.629. The molecule has 2 atom stereocenters. The number of hydrogen-bond donors (Lipinski definition) is 2. The average Bonchev–Trinajstić information content (AvgIpc) is 2.26. The van der Waals surface area contributed by atoms with E-state index < -0.39 is 0 Å². The summed E-state index contributed by atoms with van der Waals surface area (Å²) < 4.78 is 0. The number of hydrogen-bond acceptors (Lipinski definition) is 2. The molecule has 2 nitrogen and oxygen atoms in total. The summed E-state index contributed by atoms with van der Waals surface area (Å²) >= 11 is 0. The third-order valence-electron chi connectivity index (χ3n) is 3.46. The zero-order chi connectivity index (χ0) is 10.4. The van der Waals surface area contributed by atoms with Gasteiger partial charge in [-0.3, -0.25) is 0 Å². The Morgan fingerprint density at radius 1 is 1.21 bits per heavy atom. The molecule has 0 spiro atoms. The minimum atomic E-state index is 0.296. The second kappa shape index (κ2) is 6.41. The first kappa shape index (κ1) is 12.0. The van der Waals surface area contributed by atoms with Gasteiger partial charge in [0.05, 0.1) is 0 Å². The van der Waals surface area contributed by atoms with Gasteiger partial charge >= 0.3 is 0 Å². The maximum atomic E-state index is 8.92. The van der Waals surface area contributed by atoms with Crippen molar-refractivity contribution in [3.8, 4) is 0 Å². The molecule has 1 rings (SSSR count). The fourth-order valence-corrected chi connectivity index (χ4v) is 2.25. The van der Waals surface area contributed by atoms with Gasteiger partial charge in [-0.05, 0) is 31.6 Å². The Bertz CT molecular complexity index is 143. The Morgan fingerprint density at radius 2 is 1.86 bits per heavy atom. The maximum Gasteiger partial charge on any atom is 0.0468 e. The van der Waals surface area contributed by atoms with Crippen molar-refractivity contribution in [2.75, 3.05) is 13.2 Å². The van der Waals surface area contributed by atoms with Crippen molar-refractivity contribution in [1.82, 2.24) is 5.32 Å². The van der Waals surface area contributed by atoms with Crippen molar-refractivity contribution in [1.29, 1.82) is 0 Å². The van der Waals surface area contributed by atoms with Gasteiger partial charge in [0.25, 0.3) is 0 Å². The minimum Gasteiger partial charge on any atom is -0.396 e. The van der Waals surface area contributed by atoms with Crippen LogP contribution in [0.1, 0.15) is 46.0 Å². The van der Waals surface area contributed by atoms with Crippen molar-refractivity contribution in [2.45, 2.75) is 52.0 Å². The lowest BCUT2D eigenvalue weighted by molar-refractivity contribution is 0.217. The third kappa shape index (κ3) is 3.97. The lowest BCUT2D eigenvalue weighted by Crippen LogP contribution is -2.37. The molecule has 84 valence electrons. The van der Waals surface area contributed by atoms with E-state index in [-0.39, 0.29) is 0 Å². The molecule has 0 heterocycles. The molecule has 1 aliphatic carbocycles. The molecule has 1 saturated carbocycles. The smallest absolute Gasteiger partial charge is 0.0468 e. The molecule has 2 heteroatoms. The van der Waals surface area contributed by atoms with Crippen molar-refractivity contribution in [2.24, 2.45) is 11.8 Å². The monoisotopic (exact) mass is 199 g/mol. The molecule has 0 amide bonds. The fraction of sp³-hybridized carbons (Fsp3) is 1.00. The van der Waals surface area contributed by atoms with Gasteiger partial charge in [0.2, 0.25) is 0 Å². The van der Waals surface area contributed by atoms with Gasteiger partial charge < -0.3 is 10.4 Å². The molecule has 1 unspecified atom stereocenters. The Morgan fingerprint density at radius 3 is 2.43 bits per heavy atom. The number of aliphatic hydroxyl groups excluding tert-OH is 1. The van der Waals surface area contributed by atoms with Gasteiger partial charge in [-0.25, -0.2) is 0 Å². The minimum absolute atomic E-state index is 0.296. The molecular formula is C12H25NO. The molecule has 0 saturated heterocycles. The normalized spacial score (nSPS) is 23.4. The Balaban J connectivity index is 2.16. The molecule has 0 bridgehead atoms. The van der Waals surface area contributed by atoms with E-state index in [0.29, 0.717) is 18.6 Å². The maximum absolute atomic E-state index is 8.92. The predicted molar refractivity (Wildman–Crippen MR) is 60.3 cm³/mol. The fourth-order valence-electron chi connectivity index (χ4n) is 2.25. The van der Waals surface area contributed by atoms with Gasteiger partial charge in [0, 0.05) is 19.2 Å². The molecular weight excluding hydrogens is 174 g/mol. The van der Waals surface area contributed by atoms with Crippen LogP contribution in [0.3, 0.4) is 0 Å². The first-order chi connectivity index (χ1) is 6.74. The summed E-state index contributed by atoms with van der Waals surface area (Å²) in [5, 5.41) is 12.5. The lowest BCUT2D eigenvalue weighted by atomic mass is 9.84. The van der Waals surface area contributed by atoms with Crippen LogP contribution in [-0.2, 0) is 0 Å². The average molecular weight is 199 g/mol. The van der Waals surface area contributed by atoms with Crippen molar-refractivity contribution in [3.05, 3.63) is 0 Å². The third-order valence-corrected chi connectivity index (χ3v) is 3.46. The lowest BCUT2D eigenvalue weighted by Gasteiger charge is -2.29. The van der Waals surface area contributed by atoms with Crippen LogP contribution in [0.4, 0.5) is 0 Å². The topological polar surface area (TPSA) is 32.3 Å². The van der Waals surface area contributed by atoms with E-state index in [0.717, 1.165) is 12.5 Å². The van der Waals surface area contributed by atoms with Crippen molar-refractivity contribution < 1.29 is 5.11 Å². The van der Waals surface area contributed by atoms with Crippen LogP contribution in [0.5, 0.6) is 0 Å². The van der Waals surface area contributed by atoms with Crippen molar-refractivity contribution >= 4 is 0 Å². The standard InChI is InChI=1S/C12H25NO/c1-10(9-14)8-13-11(2)12-6-4-3-5-7-12/h10-14H,3-9H2,1-2H3/t10?,11-/m1/s1. The summed E-state index contributed by atoms with van der Waals surface area (Å²) in [5.74, 6) is 1.26. The summed E-state index contributed by atoms with van der Waals surface area (Å²) in [7, 11) is 0. The van der Waals surface area contributed by atoms with Crippen LogP contribution < -0.4 is 5.32 Å². The van der Waals surface area contributed by atoms with E-state index in [1.165, 1.54) is 32.1 Å². The molecule has 1 fully saturated rings. The van der Waals surface area contributed by atoms with Gasteiger partial charge in [-0.1, -0.05) is 26.2 Å². The van der Waals surface area contributed by atoms with Gasteiger partial charge in [0.1, 0.15) is 0 Å². The first-order valence-electron chi connectivity index (χ1n) is 6.08. The zero-order valence-electron chi connectivity index (χ0n) is 9.63. The molecule has 2 N–H and O–H groups in total. The number of aliphatic hydroxyl groups is 1. The highest BCUT2D eigenvalue weighted by Crippen LogP contribution is 2.26.